The highest BCUT2D eigenvalue weighted by molar-refractivity contribution is 7.93. The second-order valence-electron chi connectivity index (χ2n) is 4.04. The van der Waals surface area contributed by atoms with Gasteiger partial charge in [0.25, 0.3) is 0 Å². The Labute approximate surface area is 96.7 Å². The van der Waals surface area contributed by atoms with Crippen LogP contribution in [0.5, 0.6) is 0 Å². The monoisotopic (exact) mass is 250 g/mol. The van der Waals surface area contributed by atoms with Gasteiger partial charge >= 0.3 is 0 Å². The average molecular weight is 250 g/mol. The van der Waals surface area contributed by atoms with Crippen LogP contribution in [0.4, 0.5) is 0 Å². The van der Waals surface area contributed by atoms with Crippen LogP contribution < -0.4 is 10.5 Å². The fraction of sp³-hybridized carbons (Fsp3) is 0.889. The van der Waals surface area contributed by atoms with E-state index in [9.17, 15) is 8.42 Å². The molecule has 1 fully saturated rings. The Kier molecular flexibility index (Phi) is 4.48. The summed E-state index contributed by atoms with van der Waals surface area (Å²) in [6.45, 7) is 1.52. The molecule has 0 aromatic heterocycles. The van der Waals surface area contributed by atoms with Gasteiger partial charge in [-0.05, 0) is 19.8 Å². The molecule has 1 atom stereocenters. The van der Waals surface area contributed by atoms with E-state index >= 15 is 0 Å². The molecule has 0 bridgehead atoms. The molecule has 0 aliphatic heterocycles. The second kappa shape index (κ2) is 5.23. The lowest BCUT2D eigenvalue weighted by Crippen LogP contribution is -2.45. The van der Waals surface area contributed by atoms with Gasteiger partial charge in [-0.1, -0.05) is 31.5 Å². The van der Waals surface area contributed by atoms with E-state index in [2.05, 4.69) is 4.72 Å². The van der Waals surface area contributed by atoms with Crippen LogP contribution in [0.15, 0.2) is 0 Å². The highest BCUT2D eigenvalue weighted by Crippen LogP contribution is 2.18. The highest BCUT2D eigenvalue weighted by Gasteiger charge is 2.26. The van der Waals surface area contributed by atoms with Gasteiger partial charge < -0.3 is 5.73 Å². The van der Waals surface area contributed by atoms with Gasteiger partial charge in [0.1, 0.15) is 5.25 Å². The maximum atomic E-state index is 11.8. The van der Waals surface area contributed by atoms with Crippen molar-refractivity contribution in [3.8, 4) is 0 Å². The minimum atomic E-state index is -3.38. The summed E-state index contributed by atoms with van der Waals surface area (Å²) in [4.78, 5) is 0.0262. The van der Waals surface area contributed by atoms with Gasteiger partial charge in [0, 0.05) is 6.04 Å². The maximum absolute atomic E-state index is 11.8. The number of thiocarbonyl (C=S) groups is 1. The van der Waals surface area contributed by atoms with E-state index in [1.165, 1.54) is 13.3 Å². The largest absolute Gasteiger partial charge is 0.392 e. The lowest BCUT2D eigenvalue weighted by Gasteiger charge is -2.24. The van der Waals surface area contributed by atoms with Crippen molar-refractivity contribution in [1.82, 2.24) is 4.72 Å². The summed E-state index contributed by atoms with van der Waals surface area (Å²) in [5, 5.41) is -0.783. The molecule has 0 spiro atoms. The molecule has 1 saturated carbocycles. The minimum absolute atomic E-state index is 0.0262. The maximum Gasteiger partial charge on any atom is 0.220 e. The molecule has 0 saturated heterocycles. The normalized spacial score (nSPS) is 21.1. The van der Waals surface area contributed by atoms with Crippen LogP contribution in [0, 0.1) is 0 Å². The molecular formula is C9H18N2O2S2. The lowest BCUT2D eigenvalue weighted by atomic mass is 9.96. The van der Waals surface area contributed by atoms with E-state index in [4.69, 9.17) is 18.0 Å². The van der Waals surface area contributed by atoms with Gasteiger partial charge in [-0.25, -0.2) is 13.1 Å². The van der Waals surface area contributed by atoms with Crippen LogP contribution in [0.2, 0.25) is 0 Å². The van der Waals surface area contributed by atoms with Gasteiger partial charge in [0.05, 0.1) is 4.99 Å². The summed E-state index contributed by atoms with van der Waals surface area (Å²) in [7, 11) is -3.38. The zero-order valence-electron chi connectivity index (χ0n) is 8.90. The van der Waals surface area contributed by atoms with Crippen LogP contribution in [0.25, 0.3) is 0 Å². The molecule has 0 aromatic carbocycles. The highest BCUT2D eigenvalue weighted by atomic mass is 32.2. The second-order valence-corrected chi connectivity index (χ2v) is 6.55. The summed E-state index contributed by atoms with van der Waals surface area (Å²) >= 11 is 4.69. The third-order valence-electron chi connectivity index (χ3n) is 2.80. The standard InChI is InChI=1S/C9H18N2O2S2/c1-7(9(10)14)15(12,13)11-8-5-3-2-4-6-8/h7-8,11H,2-6H2,1H3,(H2,10,14). The van der Waals surface area contributed by atoms with Gasteiger partial charge in [-0.15, -0.1) is 0 Å². The third-order valence-corrected chi connectivity index (χ3v) is 5.15. The number of nitrogens with one attached hydrogen (secondary N) is 1. The van der Waals surface area contributed by atoms with E-state index < -0.39 is 15.3 Å². The zero-order valence-corrected chi connectivity index (χ0v) is 10.5. The van der Waals surface area contributed by atoms with E-state index in [0.29, 0.717) is 0 Å². The first-order valence-electron chi connectivity index (χ1n) is 5.24. The first kappa shape index (κ1) is 12.9. The molecule has 1 rings (SSSR count). The Morgan fingerprint density at radius 3 is 2.40 bits per heavy atom. The molecule has 1 unspecified atom stereocenters. The summed E-state index contributed by atoms with van der Waals surface area (Å²) < 4.78 is 26.2. The first-order valence-corrected chi connectivity index (χ1v) is 7.19. The number of hydrogen-bond acceptors (Lipinski definition) is 3. The van der Waals surface area contributed by atoms with Crippen LogP contribution >= 0.6 is 12.2 Å². The van der Waals surface area contributed by atoms with E-state index in [1.54, 1.807) is 0 Å². The average Bonchev–Trinajstić information content (AvgIpc) is 2.17. The lowest BCUT2D eigenvalue weighted by molar-refractivity contribution is 0.411. The van der Waals surface area contributed by atoms with Gasteiger partial charge in [-0.3, -0.25) is 0 Å². The number of sulfonamides is 1. The van der Waals surface area contributed by atoms with E-state index in [0.717, 1.165) is 25.7 Å². The predicted molar refractivity (Wildman–Crippen MR) is 65.2 cm³/mol. The molecule has 6 heteroatoms. The number of nitrogens with two attached hydrogens (primary N) is 1. The topological polar surface area (TPSA) is 72.2 Å². The van der Waals surface area contributed by atoms with Crippen molar-refractivity contribution in [3.63, 3.8) is 0 Å². The SMILES string of the molecule is CC(C(N)=S)S(=O)(=O)NC1CCCCC1. The van der Waals surface area contributed by atoms with Gasteiger partial charge in [-0.2, -0.15) is 0 Å². The molecule has 1 aliphatic carbocycles. The van der Waals surface area contributed by atoms with Crippen molar-refractivity contribution >= 4 is 27.2 Å². The van der Waals surface area contributed by atoms with Crippen molar-refractivity contribution in [1.29, 1.82) is 0 Å². The Morgan fingerprint density at radius 2 is 1.93 bits per heavy atom. The molecule has 3 N–H and O–H groups in total. The van der Waals surface area contributed by atoms with Crippen LogP contribution in [0.1, 0.15) is 39.0 Å². The van der Waals surface area contributed by atoms with Crippen molar-refractivity contribution in [2.75, 3.05) is 0 Å². The smallest absolute Gasteiger partial charge is 0.220 e. The van der Waals surface area contributed by atoms with Crippen LogP contribution in [-0.4, -0.2) is 24.7 Å². The van der Waals surface area contributed by atoms with Crippen molar-refractivity contribution in [2.24, 2.45) is 5.73 Å². The summed E-state index contributed by atoms with van der Waals surface area (Å²) in [5.74, 6) is 0. The first-order chi connectivity index (χ1) is 6.93. The molecule has 88 valence electrons. The Morgan fingerprint density at radius 1 is 1.40 bits per heavy atom. The van der Waals surface area contributed by atoms with E-state index in [1.807, 2.05) is 0 Å². The Balaban J connectivity index is 2.58. The fourth-order valence-electron chi connectivity index (χ4n) is 1.71. The molecule has 0 radical (unpaired) electrons. The fourth-order valence-corrected chi connectivity index (χ4v) is 3.30. The van der Waals surface area contributed by atoms with Crippen LogP contribution in [0.3, 0.4) is 0 Å². The molecule has 4 nitrogen and oxygen atoms in total. The third kappa shape index (κ3) is 3.70. The molecule has 15 heavy (non-hydrogen) atoms. The van der Waals surface area contributed by atoms with Crippen LogP contribution in [-0.2, 0) is 10.0 Å². The van der Waals surface area contributed by atoms with Crippen molar-refractivity contribution in [2.45, 2.75) is 50.3 Å². The summed E-state index contributed by atoms with van der Waals surface area (Å²) in [6, 6.07) is 0.0700. The summed E-state index contributed by atoms with van der Waals surface area (Å²) in [6.07, 6.45) is 5.22. The molecule has 1 aliphatic rings. The van der Waals surface area contributed by atoms with E-state index in [-0.39, 0.29) is 11.0 Å². The number of hydrogen-bond donors (Lipinski definition) is 2. The molecule has 0 amide bonds. The Bertz CT molecular complexity index is 321. The summed E-state index contributed by atoms with van der Waals surface area (Å²) in [5.41, 5.74) is 5.34. The predicted octanol–water partition coefficient (Wildman–Crippen LogP) is 0.913. The Hall–Kier alpha value is -0.200. The van der Waals surface area contributed by atoms with Crippen molar-refractivity contribution < 1.29 is 8.42 Å². The number of rotatable bonds is 4. The molecule has 0 heterocycles. The van der Waals surface area contributed by atoms with Gasteiger partial charge in [0.2, 0.25) is 10.0 Å². The molecule has 0 aromatic rings. The quantitative estimate of drug-likeness (QED) is 0.728. The molecular weight excluding hydrogens is 232 g/mol. The van der Waals surface area contributed by atoms with Gasteiger partial charge in [0.15, 0.2) is 0 Å². The zero-order chi connectivity index (χ0) is 11.5. The van der Waals surface area contributed by atoms with Crippen molar-refractivity contribution in [3.05, 3.63) is 0 Å². The minimum Gasteiger partial charge on any atom is -0.392 e.